The van der Waals surface area contributed by atoms with Crippen molar-refractivity contribution in [3.63, 3.8) is 0 Å². The first kappa shape index (κ1) is 22.1. The van der Waals surface area contributed by atoms with E-state index in [9.17, 15) is 4.79 Å². The van der Waals surface area contributed by atoms with Crippen molar-refractivity contribution in [2.75, 3.05) is 11.9 Å². The summed E-state index contributed by atoms with van der Waals surface area (Å²) in [5.41, 5.74) is 4.66. The lowest BCUT2D eigenvalue weighted by Gasteiger charge is -2.13. The van der Waals surface area contributed by atoms with Gasteiger partial charge in [-0.25, -0.2) is 9.97 Å². The second kappa shape index (κ2) is 9.25. The smallest absolute Gasteiger partial charge is 0.256 e. The molecule has 0 radical (unpaired) electrons. The molecule has 1 aliphatic rings. The number of amides is 1. The first-order valence-corrected chi connectivity index (χ1v) is 11.9. The van der Waals surface area contributed by atoms with E-state index in [1.807, 2.05) is 56.3 Å². The Kier molecular flexibility index (Phi) is 6.01. The molecule has 1 amide bonds. The van der Waals surface area contributed by atoms with Gasteiger partial charge in [-0.3, -0.25) is 4.79 Å². The van der Waals surface area contributed by atoms with Gasteiger partial charge in [0.25, 0.3) is 5.91 Å². The Morgan fingerprint density at radius 3 is 2.74 bits per heavy atom. The van der Waals surface area contributed by atoms with Gasteiger partial charge < -0.3 is 10.1 Å². The van der Waals surface area contributed by atoms with E-state index >= 15 is 0 Å². The molecular formula is C27H29N5O2. The van der Waals surface area contributed by atoms with Crippen molar-refractivity contribution in [3.05, 3.63) is 71.2 Å². The molecule has 1 fully saturated rings. The number of anilines is 1. The van der Waals surface area contributed by atoms with Crippen LogP contribution in [0.15, 0.2) is 48.7 Å². The Balaban J connectivity index is 1.51. The molecule has 4 aromatic rings. The first-order chi connectivity index (χ1) is 16.5. The lowest BCUT2D eigenvalue weighted by molar-refractivity contribution is 0.102. The second-order valence-electron chi connectivity index (χ2n) is 8.89. The Hall–Kier alpha value is -3.74. The zero-order valence-electron chi connectivity index (χ0n) is 19.8. The number of ether oxygens (including phenoxy) is 1. The number of unbranched alkanes of at least 4 members (excludes halogenated alkanes) is 1. The number of carbonyl (C=O) groups is 1. The van der Waals surface area contributed by atoms with Crippen LogP contribution < -0.4 is 10.1 Å². The average Bonchev–Trinajstić information content (AvgIpc) is 3.64. The van der Waals surface area contributed by atoms with Crippen LogP contribution >= 0.6 is 0 Å². The van der Waals surface area contributed by atoms with Gasteiger partial charge in [0.2, 0.25) is 0 Å². The lowest BCUT2D eigenvalue weighted by atomic mass is 10.1. The largest absolute Gasteiger partial charge is 0.494 e. The number of aromatic nitrogens is 4. The maximum absolute atomic E-state index is 13.5. The number of aryl methyl sites for hydroxylation is 2. The van der Waals surface area contributed by atoms with E-state index in [2.05, 4.69) is 17.2 Å². The minimum absolute atomic E-state index is 0.166. The highest BCUT2D eigenvalue weighted by atomic mass is 16.5. The van der Waals surface area contributed by atoms with Crippen molar-refractivity contribution < 1.29 is 9.53 Å². The molecule has 3 aromatic heterocycles. The SMILES string of the molecule is CCCCOc1ccc(NC(=O)c2cc(C3CC3)nc3c2c(C)nn3-c2ccccn2)c(C)c1. The van der Waals surface area contributed by atoms with E-state index in [1.54, 1.807) is 10.9 Å². The fraction of sp³-hybridized carbons (Fsp3) is 0.333. The van der Waals surface area contributed by atoms with Crippen LogP contribution in [0, 0.1) is 13.8 Å². The fourth-order valence-corrected chi connectivity index (χ4v) is 4.10. The third kappa shape index (κ3) is 4.38. The summed E-state index contributed by atoms with van der Waals surface area (Å²) in [6.07, 6.45) is 6.02. The molecule has 0 aliphatic heterocycles. The molecule has 1 N–H and O–H groups in total. The van der Waals surface area contributed by atoms with Crippen LogP contribution in [0.4, 0.5) is 5.69 Å². The van der Waals surface area contributed by atoms with Crippen LogP contribution in [0.3, 0.4) is 0 Å². The van der Waals surface area contributed by atoms with E-state index in [4.69, 9.17) is 14.8 Å². The highest BCUT2D eigenvalue weighted by molar-refractivity contribution is 6.13. The third-order valence-corrected chi connectivity index (χ3v) is 6.15. The summed E-state index contributed by atoms with van der Waals surface area (Å²) in [6, 6.07) is 13.4. The summed E-state index contributed by atoms with van der Waals surface area (Å²) in [5.74, 6) is 1.73. The molecule has 0 saturated heterocycles. The number of carbonyl (C=O) groups excluding carboxylic acids is 1. The molecular weight excluding hydrogens is 426 g/mol. The van der Waals surface area contributed by atoms with Crippen molar-refractivity contribution in [2.24, 2.45) is 0 Å². The van der Waals surface area contributed by atoms with Gasteiger partial charge in [0.05, 0.1) is 23.3 Å². The normalized spacial score (nSPS) is 13.3. The molecule has 7 nitrogen and oxygen atoms in total. The Morgan fingerprint density at radius 2 is 2.03 bits per heavy atom. The Morgan fingerprint density at radius 1 is 1.18 bits per heavy atom. The Bertz CT molecular complexity index is 1340. The number of pyridine rings is 2. The number of rotatable bonds is 8. The highest BCUT2D eigenvalue weighted by Gasteiger charge is 2.29. The molecule has 0 spiro atoms. The predicted octanol–water partition coefficient (Wildman–Crippen LogP) is 5.74. The number of nitrogens with one attached hydrogen (secondary N) is 1. The lowest BCUT2D eigenvalue weighted by Crippen LogP contribution is -2.14. The van der Waals surface area contributed by atoms with Crippen molar-refractivity contribution in [1.82, 2.24) is 19.7 Å². The quantitative estimate of drug-likeness (QED) is 0.343. The molecule has 3 heterocycles. The molecule has 5 rings (SSSR count). The van der Waals surface area contributed by atoms with E-state index in [-0.39, 0.29) is 5.91 Å². The van der Waals surface area contributed by atoms with Gasteiger partial charge in [-0.2, -0.15) is 9.78 Å². The summed E-state index contributed by atoms with van der Waals surface area (Å²) in [7, 11) is 0. The van der Waals surface area contributed by atoms with Crippen LogP contribution in [0.5, 0.6) is 5.75 Å². The van der Waals surface area contributed by atoms with E-state index < -0.39 is 0 Å². The van der Waals surface area contributed by atoms with Gasteiger partial charge in [0.15, 0.2) is 11.5 Å². The number of fused-ring (bicyclic) bond motifs is 1. The number of hydrogen-bond donors (Lipinski definition) is 1. The molecule has 174 valence electrons. The van der Waals surface area contributed by atoms with Crippen LogP contribution in [0.2, 0.25) is 0 Å². The zero-order valence-corrected chi connectivity index (χ0v) is 19.8. The van der Waals surface area contributed by atoms with Crippen LogP contribution in [0.1, 0.15) is 65.8 Å². The van der Waals surface area contributed by atoms with E-state index in [1.165, 1.54) is 0 Å². The van der Waals surface area contributed by atoms with Gasteiger partial charge in [0.1, 0.15) is 5.75 Å². The van der Waals surface area contributed by atoms with Crippen molar-refractivity contribution in [1.29, 1.82) is 0 Å². The summed E-state index contributed by atoms with van der Waals surface area (Å²) in [4.78, 5) is 22.9. The Labute approximate surface area is 199 Å². The van der Waals surface area contributed by atoms with Gasteiger partial charge in [-0.1, -0.05) is 19.4 Å². The van der Waals surface area contributed by atoms with Crippen molar-refractivity contribution in [3.8, 4) is 11.6 Å². The average molecular weight is 456 g/mol. The first-order valence-electron chi connectivity index (χ1n) is 11.9. The molecule has 7 heteroatoms. The number of hydrogen-bond acceptors (Lipinski definition) is 5. The van der Waals surface area contributed by atoms with Crippen LogP contribution in [0.25, 0.3) is 16.9 Å². The summed E-state index contributed by atoms with van der Waals surface area (Å²) in [5, 5.41) is 8.55. The minimum Gasteiger partial charge on any atom is -0.494 e. The molecule has 34 heavy (non-hydrogen) atoms. The maximum Gasteiger partial charge on any atom is 0.256 e. The monoisotopic (exact) mass is 455 g/mol. The number of nitrogens with zero attached hydrogens (tertiary/aromatic N) is 4. The third-order valence-electron chi connectivity index (χ3n) is 6.15. The van der Waals surface area contributed by atoms with Gasteiger partial charge in [-0.05, 0) is 75.1 Å². The molecule has 1 aromatic carbocycles. The standard InChI is InChI=1S/C27H29N5O2/c1-4-5-14-34-20-11-12-22(17(2)15-20)30-27(33)21-16-23(19-9-10-19)29-26-25(21)18(3)31-32(26)24-8-6-7-13-28-24/h6-8,11-13,15-16,19H,4-5,9-10,14H2,1-3H3,(H,30,33). The van der Waals surface area contributed by atoms with Gasteiger partial charge in [-0.15, -0.1) is 0 Å². The maximum atomic E-state index is 13.5. The second-order valence-corrected chi connectivity index (χ2v) is 8.89. The van der Waals surface area contributed by atoms with Crippen LogP contribution in [-0.2, 0) is 0 Å². The molecule has 0 unspecified atom stereocenters. The van der Waals surface area contributed by atoms with Gasteiger partial charge in [0, 0.05) is 23.5 Å². The summed E-state index contributed by atoms with van der Waals surface area (Å²) >= 11 is 0. The van der Waals surface area contributed by atoms with Crippen molar-refractivity contribution >= 4 is 22.6 Å². The molecule has 1 saturated carbocycles. The number of benzene rings is 1. The van der Waals surface area contributed by atoms with E-state index in [0.29, 0.717) is 29.6 Å². The topological polar surface area (TPSA) is 81.9 Å². The molecule has 0 atom stereocenters. The summed E-state index contributed by atoms with van der Waals surface area (Å²) < 4.78 is 7.54. The van der Waals surface area contributed by atoms with Crippen LogP contribution in [-0.4, -0.2) is 32.3 Å². The summed E-state index contributed by atoms with van der Waals surface area (Å²) in [6.45, 7) is 6.72. The van der Waals surface area contributed by atoms with Crippen molar-refractivity contribution in [2.45, 2.75) is 52.4 Å². The predicted molar refractivity (Wildman–Crippen MR) is 133 cm³/mol. The van der Waals surface area contributed by atoms with E-state index in [0.717, 1.165) is 59.5 Å². The minimum atomic E-state index is -0.166. The highest BCUT2D eigenvalue weighted by Crippen LogP contribution is 2.41. The molecule has 0 bridgehead atoms. The zero-order chi connectivity index (χ0) is 23.7. The van der Waals surface area contributed by atoms with Gasteiger partial charge >= 0.3 is 0 Å². The fourth-order valence-electron chi connectivity index (χ4n) is 4.10. The molecule has 1 aliphatic carbocycles.